The zero-order valence-corrected chi connectivity index (χ0v) is 12.7. The Morgan fingerprint density at radius 2 is 2.05 bits per heavy atom. The van der Waals surface area contributed by atoms with Gasteiger partial charge in [-0.3, -0.25) is 4.79 Å². The summed E-state index contributed by atoms with van der Waals surface area (Å²) in [6, 6.07) is 8.80. The fourth-order valence-electron chi connectivity index (χ4n) is 2.74. The molecule has 1 N–H and O–H groups in total. The molecule has 1 aliphatic heterocycles. The van der Waals surface area contributed by atoms with Gasteiger partial charge < -0.3 is 10.2 Å². The van der Waals surface area contributed by atoms with Crippen LogP contribution in [0.5, 0.6) is 0 Å². The Bertz CT molecular complexity index is 421. The molecule has 1 unspecified atom stereocenters. The number of rotatable bonds is 5. The van der Waals surface area contributed by atoms with Crippen LogP contribution in [-0.2, 0) is 11.2 Å². The maximum absolute atomic E-state index is 12.2. The maximum atomic E-state index is 12.2. The van der Waals surface area contributed by atoms with E-state index in [2.05, 4.69) is 24.4 Å². The Hall–Kier alpha value is -1.35. The third-order valence-corrected chi connectivity index (χ3v) is 4.23. The first kappa shape index (κ1) is 15.0. The van der Waals surface area contributed by atoms with Crippen LogP contribution in [0.1, 0.15) is 44.6 Å². The van der Waals surface area contributed by atoms with Gasteiger partial charge in [-0.15, -0.1) is 0 Å². The van der Waals surface area contributed by atoms with Gasteiger partial charge in [-0.25, -0.2) is 0 Å². The Morgan fingerprint density at radius 1 is 1.30 bits per heavy atom. The monoisotopic (exact) mass is 274 g/mol. The first-order valence-corrected chi connectivity index (χ1v) is 7.79. The number of piperidine rings is 1. The summed E-state index contributed by atoms with van der Waals surface area (Å²) in [5.74, 6) is 0.210. The van der Waals surface area contributed by atoms with Crippen LogP contribution in [-0.4, -0.2) is 25.5 Å². The van der Waals surface area contributed by atoms with E-state index >= 15 is 0 Å². The van der Waals surface area contributed by atoms with Gasteiger partial charge in [0.15, 0.2) is 0 Å². The second-order valence-electron chi connectivity index (χ2n) is 5.66. The van der Waals surface area contributed by atoms with Crippen molar-refractivity contribution in [2.45, 2.75) is 51.5 Å². The lowest BCUT2D eigenvalue weighted by Gasteiger charge is -2.24. The highest BCUT2D eigenvalue weighted by Crippen LogP contribution is 2.17. The van der Waals surface area contributed by atoms with E-state index in [-0.39, 0.29) is 5.91 Å². The van der Waals surface area contributed by atoms with Crippen molar-refractivity contribution in [1.29, 1.82) is 0 Å². The fraction of sp³-hybridized carbons (Fsp3) is 0.588. The van der Waals surface area contributed by atoms with E-state index < -0.39 is 0 Å². The molecule has 1 amide bonds. The zero-order chi connectivity index (χ0) is 14.4. The highest BCUT2D eigenvalue weighted by Gasteiger charge is 2.16. The quantitative estimate of drug-likeness (QED) is 0.894. The molecule has 0 radical (unpaired) electrons. The Balaban J connectivity index is 1.83. The number of benzene rings is 1. The first-order chi connectivity index (χ1) is 9.70. The average molecular weight is 274 g/mol. The molecule has 1 fully saturated rings. The molecular weight excluding hydrogens is 248 g/mol. The van der Waals surface area contributed by atoms with E-state index in [1.54, 1.807) is 4.90 Å². The first-order valence-electron chi connectivity index (χ1n) is 7.79. The molecule has 1 aromatic carbocycles. The molecule has 3 nitrogen and oxygen atoms in total. The number of hydrogen-bond acceptors (Lipinski definition) is 2. The van der Waals surface area contributed by atoms with E-state index in [0.717, 1.165) is 25.1 Å². The Morgan fingerprint density at radius 3 is 2.65 bits per heavy atom. The lowest BCUT2D eigenvalue weighted by molar-refractivity contribution is -0.118. The van der Waals surface area contributed by atoms with Crippen molar-refractivity contribution in [3.05, 3.63) is 29.8 Å². The minimum absolute atomic E-state index is 0.210. The lowest BCUT2D eigenvalue weighted by Crippen LogP contribution is -2.35. The maximum Gasteiger partial charge on any atom is 0.226 e. The second-order valence-corrected chi connectivity index (χ2v) is 5.66. The van der Waals surface area contributed by atoms with Crippen molar-refractivity contribution in [2.24, 2.45) is 0 Å². The summed E-state index contributed by atoms with van der Waals surface area (Å²) in [7, 11) is 1.87. The number of nitrogens with zero attached hydrogens (tertiary/aromatic N) is 1. The third kappa shape index (κ3) is 4.07. The number of hydrogen-bond donors (Lipinski definition) is 1. The zero-order valence-electron chi connectivity index (χ0n) is 12.7. The molecule has 3 heteroatoms. The van der Waals surface area contributed by atoms with Crippen LogP contribution in [0.2, 0.25) is 0 Å². The van der Waals surface area contributed by atoms with Crippen molar-refractivity contribution < 1.29 is 4.79 Å². The molecule has 0 bridgehead atoms. The molecule has 1 aromatic rings. The van der Waals surface area contributed by atoms with Gasteiger partial charge in [0.25, 0.3) is 0 Å². The van der Waals surface area contributed by atoms with Gasteiger partial charge in [0.2, 0.25) is 5.91 Å². The molecule has 1 aliphatic rings. The topological polar surface area (TPSA) is 32.3 Å². The molecular formula is C17H26N2O. The largest absolute Gasteiger partial charge is 0.316 e. The fourth-order valence-corrected chi connectivity index (χ4v) is 2.74. The highest BCUT2D eigenvalue weighted by atomic mass is 16.2. The summed E-state index contributed by atoms with van der Waals surface area (Å²) in [4.78, 5) is 14.0. The minimum Gasteiger partial charge on any atom is -0.316 e. The molecule has 1 saturated heterocycles. The minimum atomic E-state index is 0.210. The Labute approximate surface area is 122 Å². The van der Waals surface area contributed by atoms with Gasteiger partial charge >= 0.3 is 0 Å². The summed E-state index contributed by atoms with van der Waals surface area (Å²) in [5, 5.41) is 3.50. The van der Waals surface area contributed by atoms with Crippen molar-refractivity contribution in [3.8, 4) is 0 Å². The molecule has 110 valence electrons. The molecule has 2 rings (SSSR count). The van der Waals surface area contributed by atoms with Gasteiger partial charge in [-0.2, -0.15) is 0 Å². The van der Waals surface area contributed by atoms with Crippen LogP contribution in [0.25, 0.3) is 0 Å². The van der Waals surface area contributed by atoms with Crippen LogP contribution < -0.4 is 10.2 Å². The predicted molar refractivity (Wildman–Crippen MR) is 84.1 cm³/mol. The van der Waals surface area contributed by atoms with E-state index in [0.29, 0.717) is 12.5 Å². The van der Waals surface area contributed by atoms with Crippen molar-refractivity contribution in [3.63, 3.8) is 0 Å². The van der Waals surface area contributed by atoms with Crippen molar-refractivity contribution in [2.75, 3.05) is 18.5 Å². The van der Waals surface area contributed by atoms with Crippen LogP contribution in [0.15, 0.2) is 24.3 Å². The van der Waals surface area contributed by atoms with Crippen molar-refractivity contribution >= 4 is 11.6 Å². The average Bonchev–Trinajstić information content (AvgIpc) is 2.53. The van der Waals surface area contributed by atoms with Crippen LogP contribution >= 0.6 is 0 Å². The van der Waals surface area contributed by atoms with Gasteiger partial charge in [-0.05, 0) is 49.9 Å². The lowest BCUT2D eigenvalue weighted by atomic mass is 10.0. The number of carbonyl (C=O) groups is 1. The summed E-state index contributed by atoms with van der Waals surface area (Å²) in [5.41, 5.74) is 2.30. The normalized spacial score (nSPS) is 18.8. The number of nitrogens with one attached hydrogen (secondary N) is 1. The summed E-state index contributed by atoms with van der Waals surface area (Å²) >= 11 is 0. The standard InChI is InChI=1S/C17H26N2O/c1-3-14-7-10-16(11-8-14)19(2)17(20)12-9-15-6-4-5-13-18-15/h7-8,10-11,15,18H,3-6,9,12-13H2,1-2H3. The van der Waals surface area contributed by atoms with E-state index in [9.17, 15) is 4.79 Å². The number of carbonyl (C=O) groups excluding carboxylic acids is 1. The molecule has 0 aliphatic carbocycles. The third-order valence-electron chi connectivity index (χ3n) is 4.23. The van der Waals surface area contributed by atoms with Gasteiger partial charge in [0.1, 0.15) is 0 Å². The molecule has 20 heavy (non-hydrogen) atoms. The van der Waals surface area contributed by atoms with E-state index in [1.807, 2.05) is 19.2 Å². The van der Waals surface area contributed by atoms with Gasteiger partial charge in [-0.1, -0.05) is 25.5 Å². The molecule has 1 atom stereocenters. The predicted octanol–water partition coefficient (Wildman–Crippen LogP) is 3.13. The summed E-state index contributed by atoms with van der Waals surface area (Å²) in [6.45, 7) is 3.24. The Kier molecular flexibility index (Phi) is 5.60. The highest BCUT2D eigenvalue weighted by molar-refractivity contribution is 5.92. The molecule has 0 aromatic heterocycles. The van der Waals surface area contributed by atoms with Gasteiger partial charge in [0, 0.05) is 25.2 Å². The van der Waals surface area contributed by atoms with Crippen LogP contribution in [0.4, 0.5) is 5.69 Å². The SMILES string of the molecule is CCc1ccc(N(C)C(=O)CCC2CCCCN2)cc1. The van der Waals surface area contributed by atoms with E-state index in [4.69, 9.17) is 0 Å². The number of aryl methyl sites for hydroxylation is 1. The molecule has 0 spiro atoms. The summed E-state index contributed by atoms with van der Waals surface area (Å²) in [6.07, 6.45) is 6.39. The molecule has 1 heterocycles. The number of amides is 1. The summed E-state index contributed by atoms with van der Waals surface area (Å²) < 4.78 is 0. The number of anilines is 1. The van der Waals surface area contributed by atoms with E-state index in [1.165, 1.54) is 24.8 Å². The van der Waals surface area contributed by atoms with Crippen molar-refractivity contribution in [1.82, 2.24) is 5.32 Å². The molecule has 0 saturated carbocycles. The second kappa shape index (κ2) is 7.44. The van der Waals surface area contributed by atoms with Crippen LogP contribution in [0.3, 0.4) is 0 Å². The van der Waals surface area contributed by atoms with Gasteiger partial charge in [0.05, 0.1) is 0 Å². The smallest absolute Gasteiger partial charge is 0.226 e. The van der Waals surface area contributed by atoms with Crippen LogP contribution in [0, 0.1) is 0 Å².